The quantitative estimate of drug-likeness (QED) is 0.0441. The third-order valence-corrected chi connectivity index (χ3v) is 9.45. The van der Waals surface area contributed by atoms with Crippen molar-refractivity contribution in [3.05, 3.63) is 72.9 Å². The summed E-state index contributed by atoms with van der Waals surface area (Å²) in [6.07, 6.45) is 60.8. The van der Waals surface area contributed by atoms with Crippen molar-refractivity contribution in [3.63, 3.8) is 0 Å². The first-order valence-electron chi connectivity index (χ1n) is 21.7. The molecule has 0 aromatic heterocycles. The minimum Gasteiger partial charge on any atom is -0.394 e. The molecule has 0 aromatic carbocycles. The van der Waals surface area contributed by atoms with Gasteiger partial charge < -0.3 is 15.5 Å². The monoisotopic (exact) mass is 710 g/mol. The molecule has 0 spiro atoms. The van der Waals surface area contributed by atoms with Crippen molar-refractivity contribution in [1.82, 2.24) is 5.32 Å². The highest BCUT2D eigenvalue weighted by molar-refractivity contribution is 5.76. The molecule has 0 heterocycles. The van der Waals surface area contributed by atoms with Gasteiger partial charge in [-0.05, 0) is 57.8 Å². The summed E-state index contributed by atoms with van der Waals surface area (Å²) in [5.74, 6) is -0.0746. The van der Waals surface area contributed by atoms with Crippen molar-refractivity contribution in [2.45, 2.75) is 212 Å². The molecule has 0 bridgehead atoms. The van der Waals surface area contributed by atoms with Crippen molar-refractivity contribution in [2.24, 2.45) is 0 Å². The molecule has 0 radical (unpaired) electrons. The fourth-order valence-corrected chi connectivity index (χ4v) is 6.13. The summed E-state index contributed by atoms with van der Waals surface area (Å²) in [7, 11) is 0. The van der Waals surface area contributed by atoms with Gasteiger partial charge in [0.2, 0.25) is 5.91 Å². The Balaban J connectivity index is 3.38. The van der Waals surface area contributed by atoms with Crippen LogP contribution in [0.5, 0.6) is 0 Å². The third kappa shape index (κ3) is 38.9. The zero-order valence-corrected chi connectivity index (χ0v) is 33.6. The minimum atomic E-state index is -0.835. The summed E-state index contributed by atoms with van der Waals surface area (Å²) < 4.78 is 0. The van der Waals surface area contributed by atoms with Gasteiger partial charge in [0.1, 0.15) is 0 Å². The first-order valence-corrected chi connectivity index (χ1v) is 21.7. The van der Waals surface area contributed by atoms with Gasteiger partial charge in [-0.2, -0.15) is 0 Å². The van der Waals surface area contributed by atoms with Crippen LogP contribution in [0.3, 0.4) is 0 Å². The summed E-state index contributed by atoms with van der Waals surface area (Å²) in [4.78, 5) is 12.2. The summed E-state index contributed by atoms with van der Waals surface area (Å²) in [6, 6.07) is -0.618. The Morgan fingerprint density at radius 2 is 0.863 bits per heavy atom. The maximum absolute atomic E-state index is 12.2. The summed E-state index contributed by atoms with van der Waals surface area (Å²) in [5, 5.41) is 22.5. The number of aliphatic hydroxyl groups is 2. The Bertz CT molecular complexity index is 899. The van der Waals surface area contributed by atoms with Crippen molar-refractivity contribution in [3.8, 4) is 0 Å². The van der Waals surface area contributed by atoms with E-state index in [0.717, 1.165) is 64.2 Å². The second-order valence-electron chi connectivity index (χ2n) is 14.4. The Labute approximate surface area is 317 Å². The van der Waals surface area contributed by atoms with E-state index in [2.05, 4.69) is 79.9 Å². The van der Waals surface area contributed by atoms with Crippen LogP contribution in [-0.4, -0.2) is 34.9 Å². The van der Waals surface area contributed by atoms with Gasteiger partial charge in [0.05, 0.1) is 18.8 Å². The fraction of sp³-hybridized carbons (Fsp3) is 0.723. The van der Waals surface area contributed by atoms with E-state index in [4.69, 9.17) is 0 Å². The van der Waals surface area contributed by atoms with Gasteiger partial charge >= 0.3 is 0 Å². The Morgan fingerprint density at radius 1 is 0.490 bits per heavy atom. The number of amides is 1. The number of rotatable bonds is 38. The summed E-state index contributed by atoms with van der Waals surface area (Å²) >= 11 is 0. The molecule has 4 heteroatoms. The van der Waals surface area contributed by atoms with Crippen molar-refractivity contribution in [1.29, 1.82) is 0 Å². The third-order valence-electron chi connectivity index (χ3n) is 9.45. The lowest BCUT2D eigenvalue weighted by molar-refractivity contribution is -0.123. The lowest BCUT2D eigenvalue weighted by Gasteiger charge is -2.19. The number of hydrogen-bond donors (Lipinski definition) is 3. The van der Waals surface area contributed by atoms with Gasteiger partial charge in [-0.25, -0.2) is 0 Å². The number of nitrogens with one attached hydrogen (secondary N) is 1. The van der Waals surface area contributed by atoms with Crippen LogP contribution in [0, 0.1) is 0 Å². The molecule has 3 N–H and O–H groups in total. The van der Waals surface area contributed by atoms with Gasteiger partial charge in [0.15, 0.2) is 0 Å². The topological polar surface area (TPSA) is 69.6 Å². The molecule has 0 aliphatic rings. The van der Waals surface area contributed by atoms with Crippen LogP contribution in [0.15, 0.2) is 72.9 Å². The molecule has 0 aromatic rings. The smallest absolute Gasteiger partial charge is 0.220 e. The molecule has 2 atom stereocenters. The number of allylic oxidation sites excluding steroid dienone is 11. The lowest BCUT2D eigenvalue weighted by atomic mass is 10.0. The van der Waals surface area contributed by atoms with E-state index in [0.29, 0.717) is 6.42 Å². The van der Waals surface area contributed by atoms with E-state index in [-0.39, 0.29) is 12.5 Å². The molecule has 2 unspecified atom stereocenters. The molecule has 1 amide bonds. The number of carbonyl (C=O) groups excluding carboxylic acids is 1. The van der Waals surface area contributed by atoms with Crippen molar-refractivity contribution >= 4 is 5.91 Å². The Morgan fingerprint density at radius 3 is 1.27 bits per heavy atom. The molecular formula is C47H83NO3. The average Bonchev–Trinajstić information content (AvgIpc) is 3.13. The maximum Gasteiger partial charge on any atom is 0.220 e. The van der Waals surface area contributed by atoms with Crippen LogP contribution < -0.4 is 5.32 Å². The largest absolute Gasteiger partial charge is 0.394 e. The van der Waals surface area contributed by atoms with Gasteiger partial charge in [-0.15, -0.1) is 0 Å². The highest BCUT2D eigenvalue weighted by Crippen LogP contribution is 2.15. The average molecular weight is 710 g/mol. The standard InChI is InChI=1S/C47H83NO3/c1-3-5-7-9-10-11-12-13-14-15-16-17-18-19-20-21-22-23-24-25-26-27-28-29-30-31-32-33-34-35-36-37-38-39-41-43-47(51)48-45(44-49)46(50)42-40-8-6-4-2/h5,7,10-11,13-14,16-17,19-20,40,42,45-46,49-50H,3-4,6,8-9,12,15,18,21-39,41,43-44H2,1-2H3,(H,48,51)/b7-5-,11-10-,14-13-,17-16-,20-19-,42-40+. The first-order chi connectivity index (χ1) is 25.2. The zero-order chi connectivity index (χ0) is 37.1. The maximum atomic E-state index is 12.2. The van der Waals surface area contributed by atoms with E-state index in [1.165, 1.54) is 116 Å². The molecule has 0 aliphatic carbocycles. The fourth-order valence-electron chi connectivity index (χ4n) is 6.13. The van der Waals surface area contributed by atoms with Crippen LogP contribution >= 0.6 is 0 Å². The van der Waals surface area contributed by atoms with Crippen LogP contribution in [-0.2, 0) is 4.79 Å². The molecule has 0 aliphatic heterocycles. The minimum absolute atomic E-state index is 0.0746. The van der Waals surface area contributed by atoms with E-state index in [1.807, 2.05) is 6.08 Å². The second-order valence-corrected chi connectivity index (χ2v) is 14.4. The number of hydrogen-bond acceptors (Lipinski definition) is 3. The Kier molecular flexibility index (Phi) is 40.4. The van der Waals surface area contributed by atoms with Gasteiger partial charge in [0, 0.05) is 6.42 Å². The van der Waals surface area contributed by atoms with Gasteiger partial charge in [0.25, 0.3) is 0 Å². The summed E-state index contributed by atoms with van der Waals surface area (Å²) in [5.41, 5.74) is 0. The molecule has 0 saturated heterocycles. The molecule has 51 heavy (non-hydrogen) atoms. The number of carbonyl (C=O) groups is 1. The first kappa shape index (κ1) is 48.8. The van der Waals surface area contributed by atoms with E-state index >= 15 is 0 Å². The van der Waals surface area contributed by atoms with Gasteiger partial charge in [-0.1, -0.05) is 209 Å². The number of unbranched alkanes of at least 4 members (excludes halogenated alkanes) is 21. The van der Waals surface area contributed by atoms with Crippen LogP contribution in [0.1, 0.15) is 200 Å². The van der Waals surface area contributed by atoms with Crippen LogP contribution in [0.2, 0.25) is 0 Å². The molecule has 294 valence electrons. The lowest BCUT2D eigenvalue weighted by Crippen LogP contribution is -2.45. The number of aliphatic hydroxyl groups excluding tert-OH is 2. The second kappa shape index (κ2) is 42.2. The molecule has 0 fully saturated rings. The molecule has 0 saturated carbocycles. The van der Waals surface area contributed by atoms with Crippen LogP contribution in [0.4, 0.5) is 0 Å². The predicted octanol–water partition coefficient (Wildman–Crippen LogP) is 13.5. The SMILES string of the molecule is CC/C=C\C/C=C\C/C=C\C/C=C\C/C=C\CCCCCCCCCCCCCCCCCCCCCC(=O)NC(CO)C(O)/C=C/CCCC. The molecule has 0 rings (SSSR count). The van der Waals surface area contributed by atoms with Gasteiger partial charge in [-0.3, -0.25) is 4.79 Å². The normalized spacial score (nSPS) is 13.7. The van der Waals surface area contributed by atoms with Crippen molar-refractivity contribution in [2.75, 3.05) is 6.61 Å². The molecular weight excluding hydrogens is 627 g/mol. The zero-order valence-electron chi connectivity index (χ0n) is 33.6. The van der Waals surface area contributed by atoms with Crippen LogP contribution in [0.25, 0.3) is 0 Å². The van der Waals surface area contributed by atoms with E-state index in [9.17, 15) is 15.0 Å². The summed E-state index contributed by atoms with van der Waals surface area (Å²) in [6.45, 7) is 4.05. The van der Waals surface area contributed by atoms with E-state index < -0.39 is 12.1 Å². The predicted molar refractivity (Wildman–Crippen MR) is 225 cm³/mol. The highest BCUT2D eigenvalue weighted by atomic mass is 16.3. The Hall–Kier alpha value is -2.17. The highest BCUT2D eigenvalue weighted by Gasteiger charge is 2.17. The van der Waals surface area contributed by atoms with E-state index in [1.54, 1.807) is 6.08 Å². The van der Waals surface area contributed by atoms with Crippen molar-refractivity contribution < 1.29 is 15.0 Å². The molecule has 4 nitrogen and oxygen atoms in total.